The Bertz CT molecular complexity index is 1280. The molecule has 1 heterocycles. The van der Waals surface area contributed by atoms with Crippen molar-refractivity contribution in [1.82, 2.24) is 4.98 Å². The average molecular weight is 561 g/mol. The largest absolute Gasteiger partial charge is 0.494 e. The lowest BCUT2D eigenvalue weighted by atomic mass is 9.92. The van der Waals surface area contributed by atoms with E-state index in [1.807, 2.05) is 0 Å². The minimum atomic E-state index is -1.44. The number of pyridine rings is 1. The van der Waals surface area contributed by atoms with Crippen LogP contribution in [-0.4, -0.2) is 42.6 Å². The number of carbonyl (C=O) groups is 2. The van der Waals surface area contributed by atoms with Gasteiger partial charge in [0.15, 0.2) is 23.9 Å². The van der Waals surface area contributed by atoms with Crippen LogP contribution in [0, 0.1) is 5.82 Å². The van der Waals surface area contributed by atoms with Crippen molar-refractivity contribution in [1.29, 1.82) is 0 Å². The number of methoxy groups -OCH3 is 2. The van der Waals surface area contributed by atoms with Gasteiger partial charge in [-0.05, 0) is 77.8 Å². The fourth-order valence-electron chi connectivity index (χ4n) is 3.50. The second-order valence-corrected chi connectivity index (χ2v) is 9.05. The van der Waals surface area contributed by atoms with E-state index >= 15 is 0 Å². The van der Waals surface area contributed by atoms with Crippen LogP contribution in [0.25, 0.3) is 11.3 Å². The van der Waals surface area contributed by atoms with Crippen LogP contribution in [0.5, 0.6) is 17.2 Å². The van der Waals surface area contributed by atoms with Crippen LogP contribution >= 0.6 is 15.9 Å². The first-order valence-electron chi connectivity index (χ1n) is 10.9. The smallest absolute Gasteiger partial charge is 0.255 e. The molecule has 3 rings (SSSR count). The number of aliphatic hydroxyl groups is 1. The molecule has 0 spiro atoms. The van der Waals surface area contributed by atoms with E-state index in [9.17, 15) is 19.1 Å². The molecule has 0 aliphatic carbocycles. The molecule has 3 aromatic rings. The highest BCUT2D eigenvalue weighted by Crippen LogP contribution is 2.35. The second-order valence-electron chi connectivity index (χ2n) is 8.19. The highest BCUT2D eigenvalue weighted by atomic mass is 79.9. The Balaban J connectivity index is 1.79. The third-order valence-electron chi connectivity index (χ3n) is 5.52. The Morgan fingerprint density at radius 1 is 1.06 bits per heavy atom. The number of carbonyl (C=O) groups excluding carboxylic acids is 2. The third-order valence-corrected chi connectivity index (χ3v) is 6.13. The molecular weight excluding hydrogens is 535 g/mol. The quantitative estimate of drug-likeness (QED) is 0.333. The minimum absolute atomic E-state index is 0.0166. The molecule has 1 aromatic heterocycles. The monoisotopic (exact) mass is 560 g/mol. The number of ether oxygens (including phenoxy) is 3. The van der Waals surface area contributed by atoms with E-state index in [0.29, 0.717) is 28.3 Å². The van der Waals surface area contributed by atoms with Crippen LogP contribution in [0.4, 0.5) is 4.39 Å². The van der Waals surface area contributed by atoms with Gasteiger partial charge < -0.3 is 25.1 Å². The number of primary amides is 1. The molecule has 0 saturated carbocycles. The van der Waals surface area contributed by atoms with Gasteiger partial charge in [0.1, 0.15) is 22.9 Å². The third kappa shape index (κ3) is 6.38. The maximum Gasteiger partial charge on any atom is 0.255 e. The zero-order valence-corrected chi connectivity index (χ0v) is 21.6. The van der Waals surface area contributed by atoms with E-state index in [1.165, 1.54) is 32.4 Å². The van der Waals surface area contributed by atoms with Crippen molar-refractivity contribution < 1.29 is 33.3 Å². The highest BCUT2D eigenvalue weighted by molar-refractivity contribution is 9.10. The van der Waals surface area contributed by atoms with Gasteiger partial charge in [-0.3, -0.25) is 9.59 Å². The van der Waals surface area contributed by atoms with Gasteiger partial charge >= 0.3 is 0 Å². The average Bonchev–Trinajstić information content (AvgIpc) is 2.87. The number of benzene rings is 2. The van der Waals surface area contributed by atoms with Crippen molar-refractivity contribution in [3.63, 3.8) is 0 Å². The maximum absolute atomic E-state index is 13.7. The van der Waals surface area contributed by atoms with Crippen LogP contribution < -0.4 is 19.9 Å². The summed E-state index contributed by atoms with van der Waals surface area (Å²) in [7, 11) is 2.91. The number of rotatable bonds is 11. The van der Waals surface area contributed by atoms with Crippen LogP contribution in [0.3, 0.4) is 0 Å². The molecular formula is C26H26BrFN2O6. The normalized spacial score (nSPS) is 12.5. The van der Waals surface area contributed by atoms with Gasteiger partial charge in [-0.15, -0.1) is 0 Å². The summed E-state index contributed by atoms with van der Waals surface area (Å²) in [6.45, 7) is 1.25. The summed E-state index contributed by atoms with van der Waals surface area (Å²) in [5.74, 6) is -0.269. The van der Waals surface area contributed by atoms with E-state index in [0.717, 1.165) is 0 Å². The first kappa shape index (κ1) is 27.1. The molecule has 3 N–H and O–H groups in total. The molecule has 2 aromatic carbocycles. The molecule has 0 radical (unpaired) electrons. The van der Waals surface area contributed by atoms with Crippen molar-refractivity contribution in [2.45, 2.75) is 25.4 Å². The van der Waals surface area contributed by atoms with Crippen molar-refractivity contribution in [2.24, 2.45) is 5.73 Å². The molecule has 190 valence electrons. The van der Waals surface area contributed by atoms with Crippen molar-refractivity contribution in [2.75, 3.05) is 20.8 Å². The Labute approximate surface area is 216 Å². The Kier molecular flexibility index (Phi) is 8.65. The van der Waals surface area contributed by atoms with Gasteiger partial charge in [-0.2, -0.15) is 0 Å². The highest BCUT2D eigenvalue weighted by Gasteiger charge is 2.28. The van der Waals surface area contributed by atoms with Gasteiger partial charge in [-0.25, -0.2) is 9.37 Å². The van der Waals surface area contributed by atoms with Crippen LogP contribution in [-0.2, 0) is 10.4 Å². The summed E-state index contributed by atoms with van der Waals surface area (Å²) < 4.78 is 29.9. The molecule has 0 bridgehead atoms. The van der Waals surface area contributed by atoms with E-state index in [2.05, 4.69) is 20.9 Å². The molecule has 36 heavy (non-hydrogen) atoms. The van der Waals surface area contributed by atoms with Gasteiger partial charge in [0, 0.05) is 17.5 Å². The lowest BCUT2D eigenvalue weighted by molar-refractivity contribution is -0.119. The molecule has 1 amide bonds. The number of Topliss-reactive ketones (excluding diaryl/α,β-unsaturated/α-hetero) is 1. The molecule has 0 aliphatic heterocycles. The fraction of sp³-hybridized carbons (Fsp3) is 0.269. The maximum atomic E-state index is 13.7. The molecule has 10 heteroatoms. The lowest BCUT2D eigenvalue weighted by Gasteiger charge is -2.24. The number of amides is 1. The second kappa shape index (κ2) is 11.5. The van der Waals surface area contributed by atoms with E-state index in [4.69, 9.17) is 19.9 Å². The van der Waals surface area contributed by atoms with E-state index in [1.54, 1.807) is 37.3 Å². The zero-order valence-electron chi connectivity index (χ0n) is 20.0. The number of aromatic nitrogens is 1. The molecule has 1 unspecified atom stereocenters. The van der Waals surface area contributed by atoms with Gasteiger partial charge in [-0.1, -0.05) is 0 Å². The summed E-state index contributed by atoms with van der Waals surface area (Å²) in [4.78, 5) is 28.4. The Hall–Kier alpha value is -3.50. The molecule has 0 aliphatic rings. The van der Waals surface area contributed by atoms with Crippen LogP contribution in [0.1, 0.15) is 35.8 Å². The summed E-state index contributed by atoms with van der Waals surface area (Å²) in [6, 6.07) is 12.3. The van der Waals surface area contributed by atoms with Crippen molar-refractivity contribution in [3.8, 4) is 28.5 Å². The van der Waals surface area contributed by atoms with Gasteiger partial charge in [0.25, 0.3) is 5.91 Å². The fourth-order valence-corrected chi connectivity index (χ4v) is 3.88. The number of ketones is 1. The summed E-state index contributed by atoms with van der Waals surface area (Å²) in [6.07, 6.45) is 0.0999. The van der Waals surface area contributed by atoms with E-state index < -0.39 is 17.3 Å². The summed E-state index contributed by atoms with van der Waals surface area (Å²) >= 11 is 3.17. The van der Waals surface area contributed by atoms with Gasteiger partial charge in [0.05, 0.1) is 24.4 Å². The van der Waals surface area contributed by atoms with Crippen LogP contribution in [0.15, 0.2) is 53.0 Å². The standard InChI is InChI=1S/C26H26BrFN2O6/c1-26(33,11-10-19(31)15-5-7-20(22(13-15)35-3)36-14-24(29)32)23-9-8-21(34-2)25(30-23)16-4-6-18(28)17(27)12-16/h4-9,12-13,33H,10-11,14H2,1-3H3,(H2,29,32). The molecule has 0 saturated heterocycles. The molecule has 8 nitrogen and oxygen atoms in total. The number of nitrogens with two attached hydrogens (primary N) is 1. The predicted octanol–water partition coefficient (Wildman–Crippen LogP) is 4.40. The first-order valence-corrected chi connectivity index (χ1v) is 11.7. The number of hydrogen-bond donors (Lipinski definition) is 2. The van der Waals surface area contributed by atoms with Crippen LogP contribution in [0.2, 0.25) is 0 Å². The summed E-state index contributed by atoms with van der Waals surface area (Å²) in [5, 5.41) is 11.2. The molecule has 0 fully saturated rings. The topological polar surface area (TPSA) is 121 Å². The zero-order chi connectivity index (χ0) is 26.5. The number of hydrogen-bond acceptors (Lipinski definition) is 7. The SMILES string of the molecule is COc1cc(C(=O)CCC(C)(O)c2ccc(OC)c(-c3ccc(F)c(Br)c3)n2)ccc1OCC(N)=O. The number of nitrogens with zero attached hydrogens (tertiary/aromatic N) is 1. The van der Waals surface area contributed by atoms with Crippen molar-refractivity contribution in [3.05, 3.63) is 70.1 Å². The Morgan fingerprint density at radius 2 is 1.75 bits per heavy atom. The van der Waals surface area contributed by atoms with Crippen molar-refractivity contribution >= 4 is 27.6 Å². The Morgan fingerprint density at radius 3 is 2.39 bits per heavy atom. The van der Waals surface area contributed by atoms with E-state index in [-0.39, 0.29) is 41.2 Å². The summed E-state index contributed by atoms with van der Waals surface area (Å²) in [5.41, 5.74) is 5.37. The number of halogens is 2. The first-order chi connectivity index (χ1) is 17.1. The van der Waals surface area contributed by atoms with Gasteiger partial charge in [0.2, 0.25) is 0 Å². The minimum Gasteiger partial charge on any atom is -0.494 e. The molecule has 1 atom stereocenters. The predicted molar refractivity (Wildman–Crippen MR) is 135 cm³/mol. The lowest BCUT2D eigenvalue weighted by Crippen LogP contribution is -2.24.